The second-order valence-electron chi connectivity index (χ2n) is 4.04. The lowest BCUT2D eigenvalue weighted by Gasteiger charge is -2.11. The summed E-state index contributed by atoms with van der Waals surface area (Å²) in [6.07, 6.45) is 1.89. The highest BCUT2D eigenvalue weighted by molar-refractivity contribution is 6.13. The molecule has 6 heteroatoms. The molecule has 0 N–H and O–H groups in total. The molecule has 2 rings (SSSR count). The first-order valence-electron chi connectivity index (χ1n) is 5.76. The van der Waals surface area contributed by atoms with Crippen molar-refractivity contribution in [3.63, 3.8) is 0 Å². The molecule has 0 fully saturated rings. The Morgan fingerprint density at radius 1 is 1.44 bits per heavy atom. The minimum atomic E-state index is -0.504. The number of anilines is 1. The zero-order valence-corrected chi connectivity index (χ0v) is 10.00. The highest BCUT2D eigenvalue weighted by Gasteiger charge is 2.29. The minimum Gasteiger partial charge on any atom is -0.272 e. The van der Waals surface area contributed by atoms with Gasteiger partial charge in [0.1, 0.15) is 5.69 Å². The van der Waals surface area contributed by atoms with Gasteiger partial charge in [0.05, 0.1) is 11.3 Å². The van der Waals surface area contributed by atoms with Gasteiger partial charge in [-0.3, -0.25) is 14.9 Å². The molecule has 18 heavy (non-hydrogen) atoms. The van der Waals surface area contributed by atoms with Gasteiger partial charge in [-0.15, -0.1) is 0 Å². The van der Waals surface area contributed by atoms with Gasteiger partial charge in [-0.05, 0) is 12.5 Å². The zero-order chi connectivity index (χ0) is 13.1. The lowest BCUT2D eigenvalue weighted by Crippen LogP contribution is -2.20. The molecule has 1 heterocycles. The predicted molar refractivity (Wildman–Crippen MR) is 67.5 cm³/mol. The van der Waals surface area contributed by atoms with E-state index >= 15 is 0 Å². The van der Waals surface area contributed by atoms with E-state index < -0.39 is 4.92 Å². The van der Waals surface area contributed by atoms with Crippen molar-refractivity contribution >= 4 is 23.0 Å². The Morgan fingerprint density at radius 2 is 2.17 bits per heavy atom. The van der Waals surface area contributed by atoms with E-state index in [1.807, 2.05) is 6.92 Å². The molecule has 1 aliphatic rings. The minimum absolute atomic E-state index is 0.104. The Bertz CT molecular complexity index is 525. The van der Waals surface area contributed by atoms with Gasteiger partial charge < -0.3 is 0 Å². The zero-order valence-electron chi connectivity index (χ0n) is 10.00. The van der Waals surface area contributed by atoms with Gasteiger partial charge in [0.25, 0.3) is 11.6 Å². The molecule has 0 atom stereocenters. The summed E-state index contributed by atoms with van der Waals surface area (Å²) in [5.74, 6) is -0.215. The Kier molecular flexibility index (Phi) is 3.36. The summed E-state index contributed by atoms with van der Waals surface area (Å²) < 4.78 is 0. The van der Waals surface area contributed by atoms with E-state index in [9.17, 15) is 14.9 Å². The van der Waals surface area contributed by atoms with Crippen LogP contribution in [0.4, 0.5) is 11.4 Å². The van der Waals surface area contributed by atoms with E-state index in [0.29, 0.717) is 0 Å². The van der Waals surface area contributed by atoms with E-state index in [4.69, 9.17) is 0 Å². The van der Waals surface area contributed by atoms with Gasteiger partial charge in [-0.25, -0.2) is 0 Å². The van der Waals surface area contributed by atoms with Gasteiger partial charge in [0.2, 0.25) is 0 Å². The van der Waals surface area contributed by atoms with E-state index in [1.54, 1.807) is 12.1 Å². The van der Waals surface area contributed by atoms with Crippen LogP contribution in [-0.2, 0) is 4.79 Å². The van der Waals surface area contributed by atoms with Crippen molar-refractivity contribution < 1.29 is 9.72 Å². The molecule has 0 saturated heterocycles. The molecule has 0 saturated carbocycles. The standard InChI is InChI=1S/C12H13N3O3/c1-2-5-9-8-12(16)14(13-9)10-6-3-4-7-11(10)15(17)18/h3-4,6-7H,2,5,8H2,1H3. The van der Waals surface area contributed by atoms with Crippen LogP contribution in [0, 0.1) is 10.1 Å². The number of hydrogen-bond donors (Lipinski definition) is 0. The van der Waals surface area contributed by atoms with Crippen LogP contribution in [0.1, 0.15) is 26.2 Å². The molecule has 0 bridgehead atoms. The van der Waals surface area contributed by atoms with Crippen LogP contribution in [0.25, 0.3) is 0 Å². The molecule has 1 amide bonds. The Morgan fingerprint density at radius 3 is 2.83 bits per heavy atom. The lowest BCUT2D eigenvalue weighted by molar-refractivity contribution is -0.384. The third kappa shape index (κ3) is 2.22. The highest BCUT2D eigenvalue weighted by Crippen LogP contribution is 2.30. The molecule has 1 aromatic carbocycles. The maximum atomic E-state index is 11.8. The number of nitro benzene ring substituents is 1. The number of carbonyl (C=O) groups is 1. The van der Waals surface area contributed by atoms with Gasteiger partial charge in [0, 0.05) is 11.8 Å². The van der Waals surface area contributed by atoms with Crippen molar-refractivity contribution in [3.8, 4) is 0 Å². The SMILES string of the molecule is CCCC1=NN(c2ccccc2[N+](=O)[O-])C(=O)C1. The fourth-order valence-electron chi connectivity index (χ4n) is 1.89. The molecule has 0 spiro atoms. The van der Waals surface area contributed by atoms with Crippen LogP contribution in [0.15, 0.2) is 29.4 Å². The fourth-order valence-corrected chi connectivity index (χ4v) is 1.89. The normalized spacial score (nSPS) is 14.8. The summed E-state index contributed by atoms with van der Waals surface area (Å²) in [6.45, 7) is 2.00. The second-order valence-corrected chi connectivity index (χ2v) is 4.04. The van der Waals surface area contributed by atoms with Crippen molar-refractivity contribution in [2.45, 2.75) is 26.2 Å². The number of rotatable bonds is 4. The fraction of sp³-hybridized carbons (Fsp3) is 0.333. The van der Waals surface area contributed by atoms with E-state index in [0.717, 1.165) is 23.6 Å². The molecule has 94 valence electrons. The predicted octanol–water partition coefficient (Wildman–Crippen LogP) is 2.49. The van der Waals surface area contributed by atoms with Crippen LogP contribution in [0.5, 0.6) is 0 Å². The molecule has 0 unspecified atom stereocenters. The van der Waals surface area contributed by atoms with Crippen LogP contribution in [-0.4, -0.2) is 16.5 Å². The van der Waals surface area contributed by atoms with Gasteiger partial charge >= 0.3 is 0 Å². The second kappa shape index (κ2) is 4.95. The van der Waals surface area contributed by atoms with Crippen LogP contribution in [0.3, 0.4) is 0 Å². The number of hydrogen-bond acceptors (Lipinski definition) is 4. The van der Waals surface area contributed by atoms with Crippen LogP contribution >= 0.6 is 0 Å². The summed E-state index contributed by atoms with van der Waals surface area (Å²) in [5, 5.41) is 16.2. The van der Waals surface area contributed by atoms with Gasteiger partial charge in [-0.2, -0.15) is 10.1 Å². The Labute approximate surface area is 104 Å². The molecular weight excluding hydrogens is 234 g/mol. The summed E-state index contributed by atoms with van der Waals surface area (Å²) >= 11 is 0. The van der Waals surface area contributed by atoms with Gasteiger partial charge in [0.15, 0.2) is 0 Å². The molecule has 1 aliphatic heterocycles. The number of amides is 1. The topological polar surface area (TPSA) is 75.8 Å². The molecule has 6 nitrogen and oxygen atoms in total. The van der Waals surface area contributed by atoms with Crippen molar-refractivity contribution in [2.24, 2.45) is 5.10 Å². The third-order valence-electron chi connectivity index (χ3n) is 2.68. The molecule has 0 aromatic heterocycles. The number of para-hydroxylation sites is 2. The first-order valence-corrected chi connectivity index (χ1v) is 5.76. The highest BCUT2D eigenvalue weighted by atomic mass is 16.6. The summed E-state index contributed by atoms with van der Waals surface area (Å²) in [7, 11) is 0. The number of nitro groups is 1. The van der Waals surface area contributed by atoms with Crippen molar-refractivity contribution in [2.75, 3.05) is 5.01 Å². The average Bonchev–Trinajstić information content (AvgIpc) is 2.70. The molecular formula is C12H13N3O3. The first kappa shape index (κ1) is 12.2. The van der Waals surface area contributed by atoms with Crippen molar-refractivity contribution in [1.82, 2.24) is 0 Å². The lowest BCUT2D eigenvalue weighted by atomic mass is 10.2. The third-order valence-corrected chi connectivity index (χ3v) is 2.68. The molecule has 0 radical (unpaired) electrons. The van der Waals surface area contributed by atoms with Crippen LogP contribution in [0.2, 0.25) is 0 Å². The largest absolute Gasteiger partial charge is 0.295 e. The monoisotopic (exact) mass is 247 g/mol. The Balaban J connectivity index is 2.37. The maximum absolute atomic E-state index is 11.8. The number of carbonyl (C=O) groups excluding carboxylic acids is 1. The van der Waals surface area contributed by atoms with E-state index in [1.165, 1.54) is 12.1 Å². The summed E-state index contributed by atoms with van der Waals surface area (Å²) in [4.78, 5) is 22.2. The van der Waals surface area contributed by atoms with Crippen molar-refractivity contribution in [3.05, 3.63) is 34.4 Å². The van der Waals surface area contributed by atoms with Crippen molar-refractivity contribution in [1.29, 1.82) is 0 Å². The molecule has 1 aromatic rings. The summed E-state index contributed by atoms with van der Waals surface area (Å²) in [6, 6.07) is 6.13. The number of benzene rings is 1. The maximum Gasteiger partial charge on any atom is 0.295 e. The van der Waals surface area contributed by atoms with Gasteiger partial charge in [-0.1, -0.05) is 25.5 Å². The first-order chi connectivity index (χ1) is 8.63. The van der Waals surface area contributed by atoms with E-state index in [2.05, 4.69) is 5.10 Å². The smallest absolute Gasteiger partial charge is 0.272 e. The van der Waals surface area contributed by atoms with E-state index in [-0.39, 0.29) is 23.7 Å². The average molecular weight is 247 g/mol. The Hall–Kier alpha value is -2.24. The molecule has 0 aliphatic carbocycles. The number of nitrogens with zero attached hydrogens (tertiary/aromatic N) is 3. The quantitative estimate of drug-likeness (QED) is 0.605. The van der Waals surface area contributed by atoms with Crippen LogP contribution < -0.4 is 5.01 Å². The number of hydrazone groups is 1. The summed E-state index contributed by atoms with van der Waals surface area (Å²) in [5.41, 5.74) is 0.909.